The molecule has 1 unspecified atom stereocenters. The van der Waals surface area contributed by atoms with Crippen molar-refractivity contribution in [2.75, 3.05) is 6.54 Å². The second-order valence-corrected chi connectivity index (χ2v) is 3.96. The van der Waals surface area contributed by atoms with Gasteiger partial charge in [-0.3, -0.25) is 19.6 Å². The van der Waals surface area contributed by atoms with E-state index in [1.165, 1.54) is 0 Å². The number of hydrogen-bond acceptors (Lipinski definition) is 5. The second kappa shape index (κ2) is 6.88. The van der Waals surface area contributed by atoms with Gasteiger partial charge in [-0.05, 0) is 6.42 Å². The fourth-order valence-electron chi connectivity index (χ4n) is 1.41. The van der Waals surface area contributed by atoms with E-state index in [1.54, 1.807) is 0 Å². The van der Waals surface area contributed by atoms with Crippen molar-refractivity contribution < 1.29 is 14.7 Å². The molecule has 11 nitrogen and oxygen atoms in total. The normalized spacial score (nSPS) is 11.4. The van der Waals surface area contributed by atoms with Crippen LogP contribution in [0.3, 0.4) is 0 Å². The molecule has 21 heavy (non-hydrogen) atoms. The van der Waals surface area contributed by atoms with Crippen LogP contribution in [0.2, 0.25) is 0 Å². The van der Waals surface area contributed by atoms with Crippen molar-refractivity contribution >= 4 is 17.8 Å². The summed E-state index contributed by atoms with van der Waals surface area (Å²) >= 11 is 0. The molecule has 0 bridgehead atoms. The Morgan fingerprint density at radius 2 is 2.00 bits per heavy atom. The zero-order valence-electron chi connectivity index (χ0n) is 10.8. The molecule has 0 saturated carbocycles. The van der Waals surface area contributed by atoms with Gasteiger partial charge in [0.05, 0.1) is 0 Å². The highest BCUT2D eigenvalue weighted by atomic mass is 16.4. The molecule has 0 aliphatic rings. The van der Waals surface area contributed by atoms with E-state index in [9.17, 15) is 19.2 Å². The van der Waals surface area contributed by atoms with Crippen LogP contribution in [-0.4, -0.2) is 45.5 Å². The third-order valence-corrected chi connectivity index (χ3v) is 2.32. The lowest BCUT2D eigenvalue weighted by atomic mass is 10.2. The van der Waals surface area contributed by atoms with Gasteiger partial charge in [-0.25, -0.2) is 9.59 Å². The van der Waals surface area contributed by atoms with Gasteiger partial charge in [-0.1, -0.05) is 0 Å². The first-order valence-corrected chi connectivity index (χ1v) is 5.72. The predicted molar refractivity (Wildman–Crippen MR) is 71.9 cm³/mol. The molecule has 0 radical (unpaired) electrons. The highest BCUT2D eigenvalue weighted by molar-refractivity contribution is 5.94. The van der Waals surface area contributed by atoms with E-state index in [0.717, 1.165) is 6.07 Å². The van der Waals surface area contributed by atoms with E-state index in [2.05, 4.69) is 15.3 Å². The standard InChI is InChI=1S/C10H14N6O5/c11-9(12)13-2-1-4(8(19)20)14-7(18)5-3-6(17)16-10(21)15-5/h3-4H,1-2H2,(H,14,18)(H,19,20)(H4,11,12,13)(H2,15,16,17,21). The SMILES string of the molecule is NC(N)=NCCC(NC(=O)c1cc(=O)[nH]c(=O)[nH]1)C(=O)O. The second-order valence-electron chi connectivity index (χ2n) is 3.96. The van der Waals surface area contributed by atoms with Crippen LogP contribution in [0.4, 0.5) is 0 Å². The Hall–Kier alpha value is -3.11. The molecule has 114 valence electrons. The van der Waals surface area contributed by atoms with E-state index >= 15 is 0 Å². The molecule has 1 aromatic heterocycles. The Morgan fingerprint density at radius 3 is 2.52 bits per heavy atom. The number of aromatic nitrogens is 2. The number of rotatable bonds is 6. The number of aliphatic imine (C=N–C) groups is 1. The molecule has 1 heterocycles. The van der Waals surface area contributed by atoms with Crippen molar-refractivity contribution in [3.8, 4) is 0 Å². The molecular weight excluding hydrogens is 284 g/mol. The van der Waals surface area contributed by atoms with E-state index < -0.39 is 29.2 Å². The van der Waals surface area contributed by atoms with Gasteiger partial charge in [0.2, 0.25) is 0 Å². The number of carbonyl (C=O) groups excluding carboxylic acids is 1. The quantitative estimate of drug-likeness (QED) is 0.236. The van der Waals surface area contributed by atoms with Crippen molar-refractivity contribution in [2.45, 2.75) is 12.5 Å². The predicted octanol–water partition coefficient (Wildman–Crippen LogP) is -3.09. The zero-order valence-corrected chi connectivity index (χ0v) is 10.8. The van der Waals surface area contributed by atoms with E-state index in [1.807, 2.05) is 4.98 Å². The van der Waals surface area contributed by atoms with Crippen LogP contribution in [0.5, 0.6) is 0 Å². The fourth-order valence-corrected chi connectivity index (χ4v) is 1.41. The number of carboxylic acids is 1. The lowest BCUT2D eigenvalue weighted by Gasteiger charge is -2.13. The zero-order chi connectivity index (χ0) is 16.0. The molecule has 0 fully saturated rings. The van der Waals surface area contributed by atoms with Gasteiger partial charge >= 0.3 is 11.7 Å². The molecule has 0 spiro atoms. The fraction of sp³-hybridized carbons (Fsp3) is 0.300. The Balaban J connectivity index is 2.81. The maximum atomic E-state index is 11.8. The van der Waals surface area contributed by atoms with Crippen molar-refractivity contribution in [1.82, 2.24) is 15.3 Å². The molecule has 1 aromatic rings. The maximum absolute atomic E-state index is 11.8. The average Bonchev–Trinajstić information content (AvgIpc) is 2.35. The number of hydrogen-bond donors (Lipinski definition) is 6. The first-order chi connectivity index (χ1) is 9.79. The number of amides is 1. The van der Waals surface area contributed by atoms with Gasteiger partial charge in [0.15, 0.2) is 5.96 Å². The van der Waals surface area contributed by atoms with Crippen LogP contribution in [0.25, 0.3) is 0 Å². The highest BCUT2D eigenvalue weighted by Crippen LogP contribution is 1.96. The van der Waals surface area contributed by atoms with Crippen LogP contribution in [0.1, 0.15) is 16.9 Å². The van der Waals surface area contributed by atoms with E-state index in [-0.39, 0.29) is 24.6 Å². The van der Waals surface area contributed by atoms with Gasteiger partial charge in [-0.15, -0.1) is 0 Å². The van der Waals surface area contributed by atoms with E-state index in [0.29, 0.717) is 0 Å². The number of H-pyrrole nitrogens is 2. The maximum Gasteiger partial charge on any atom is 0.326 e. The summed E-state index contributed by atoms with van der Waals surface area (Å²) in [6, 6.07) is -0.436. The number of carboxylic acid groups (broad SMARTS) is 1. The number of nitrogens with zero attached hydrogens (tertiary/aromatic N) is 1. The minimum absolute atomic E-state index is 0.00846. The molecule has 8 N–H and O–H groups in total. The minimum Gasteiger partial charge on any atom is -0.480 e. The Bertz CT molecular complexity index is 643. The molecule has 0 saturated heterocycles. The smallest absolute Gasteiger partial charge is 0.326 e. The topological polar surface area (TPSA) is 197 Å². The molecule has 0 aromatic carbocycles. The third-order valence-electron chi connectivity index (χ3n) is 2.32. The van der Waals surface area contributed by atoms with Crippen molar-refractivity contribution in [3.63, 3.8) is 0 Å². The lowest BCUT2D eigenvalue weighted by Crippen LogP contribution is -2.42. The molecule has 1 rings (SSSR count). The van der Waals surface area contributed by atoms with Crippen molar-refractivity contribution in [3.05, 3.63) is 32.6 Å². The largest absolute Gasteiger partial charge is 0.480 e. The summed E-state index contributed by atoms with van der Waals surface area (Å²) < 4.78 is 0. The summed E-state index contributed by atoms with van der Waals surface area (Å²) in [5, 5.41) is 11.1. The number of aromatic amines is 2. The molecule has 1 amide bonds. The van der Waals surface area contributed by atoms with Gasteiger partial charge in [0.1, 0.15) is 11.7 Å². The van der Waals surface area contributed by atoms with Gasteiger partial charge < -0.3 is 26.9 Å². The van der Waals surface area contributed by atoms with Crippen LogP contribution < -0.4 is 28.0 Å². The number of nitrogens with one attached hydrogen (secondary N) is 3. The molecular formula is C10H14N6O5. The monoisotopic (exact) mass is 298 g/mol. The highest BCUT2D eigenvalue weighted by Gasteiger charge is 2.21. The summed E-state index contributed by atoms with van der Waals surface area (Å²) in [6.07, 6.45) is -0.0631. The van der Waals surface area contributed by atoms with Gasteiger partial charge in [-0.2, -0.15) is 0 Å². The van der Waals surface area contributed by atoms with Crippen LogP contribution in [0.15, 0.2) is 20.6 Å². The van der Waals surface area contributed by atoms with Crippen LogP contribution >= 0.6 is 0 Å². The number of aliphatic carboxylic acids is 1. The Kier molecular flexibility index (Phi) is 5.23. The summed E-state index contributed by atoms with van der Waals surface area (Å²) in [6.45, 7) is -0.00846. The summed E-state index contributed by atoms with van der Waals surface area (Å²) in [4.78, 5) is 52.4. The number of nitrogens with two attached hydrogens (primary N) is 2. The average molecular weight is 298 g/mol. The van der Waals surface area contributed by atoms with Crippen molar-refractivity contribution in [2.24, 2.45) is 16.5 Å². The first kappa shape index (κ1) is 15.9. The van der Waals surface area contributed by atoms with Gasteiger partial charge in [0, 0.05) is 12.6 Å². The molecule has 0 aliphatic carbocycles. The Labute approximate surface area is 117 Å². The summed E-state index contributed by atoms with van der Waals surface area (Å²) in [5.41, 5.74) is 8.18. The van der Waals surface area contributed by atoms with Crippen LogP contribution in [0, 0.1) is 0 Å². The van der Waals surface area contributed by atoms with Gasteiger partial charge in [0.25, 0.3) is 11.5 Å². The first-order valence-electron chi connectivity index (χ1n) is 5.72. The lowest BCUT2D eigenvalue weighted by molar-refractivity contribution is -0.139. The molecule has 1 atom stereocenters. The van der Waals surface area contributed by atoms with Crippen LogP contribution in [-0.2, 0) is 4.79 Å². The number of guanidine groups is 1. The van der Waals surface area contributed by atoms with E-state index in [4.69, 9.17) is 16.6 Å². The van der Waals surface area contributed by atoms with Crippen molar-refractivity contribution in [1.29, 1.82) is 0 Å². The Morgan fingerprint density at radius 1 is 1.33 bits per heavy atom. The molecule has 0 aliphatic heterocycles. The minimum atomic E-state index is -1.30. The number of carbonyl (C=O) groups is 2. The third kappa shape index (κ3) is 5.18. The summed E-state index contributed by atoms with van der Waals surface area (Å²) in [7, 11) is 0. The molecule has 11 heteroatoms. The summed E-state index contributed by atoms with van der Waals surface area (Å²) in [5.74, 6) is -2.42.